The molecule has 31 heavy (non-hydrogen) atoms. The summed E-state index contributed by atoms with van der Waals surface area (Å²) in [4.78, 5) is 32.5. The first kappa shape index (κ1) is 22.0. The Morgan fingerprint density at radius 1 is 1.35 bits per heavy atom. The molecule has 2 heterocycles. The van der Waals surface area contributed by atoms with Gasteiger partial charge in [-0.1, -0.05) is 23.9 Å². The molecule has 1 amide bonds. The summed E-state index contributed by atoms with van der Waals surface area (Å²) in [6.45, 7) is 2.25. The van der Waals surface area contributed by atoms with E-state index in [2.05, 4.69) is 5.32 Å². The fourth-order valence-electron chi connectivity index (χ4n) is 3.87. The van der Waals surface area contributed by atoms with E-state index >= 15 is 0 Å². The third kappa shape index (κ3) is 4.53. The number of amides is 1. The van der Waals surface area contributed by atoms with Gasteiger partial charge in [0, 0.05) is 18.0 Å². The molecule has 1 atom stereocenters. The number of para-hydroxylation sites is 1. The van der Waals surface area contributed by atoms with Crippen LogP contribution in [0.4, 0.5) is 4.39 Å². The molecule has 1 unspecified atom stereocenters. The number of hydrogen-bond acceptors (Lipinski definition) is 6. The van der Waals surface area contributed by atoms with Gasteiger partial charge in [0.2, 0.25) is 5.91 Å². The zero-order valence-corrected chi connectivity index (χ0v) is 19.1. The first-order valence-corrected chi connectivity index (χ1v) is 12.0. The van der Waals surface area contributed by atoms with Gasteiger partial charge >= 0.3 is 0 Å². The maximum Gasteiger partial charge on any atom is 0.267 e. The number of aryl methyl sites for hydroxylation is 2. The molecule has 0 saturated heterocycles. The molecule has 0 spiro atoms. The lowest BCUT2D eigenvalue weighted by Crippen LogP contribution is -2.36. The van der Waals surface area contributed by atoms with Crippen LogP contribution in [0, 0.1) is 5.82 Å². The summed E-state index contributed by atoms with van der Waals surface area (Å²) in [6.07, 6.45) is 3.92. The Labute approximate surface area is 187 Å². The van der Waals surface area contributed by atoms with Gasteiger partial charge in [0.15, 0.2) is 5.16 Å². The predicted octanol–water partition coefficient (Wildman–Crippen LogP) is 3.71. The number of methoxy groups -OCH3 is 1. The molecule has 1 aromatic carbocycles. The van der Waals surface area contributed by atoms with E-state index in [1.54, 1.807) is 25.3 Å². The summed E-state index contributed by atoms with van der Waals surface area (Å²) in [5.74, 6) is -0.643. The van der Waals surface area contributed by atoms with E-state index in [0.717, 1.165) is 43.0 Å². The lowest BCUT2D eigenvalue weighted by Gasteiger charge is -2.15. The molecule has 1 aliphatic rings. The molecule has 1 aliphatic carbocycles. The van der Waals surface area contributed by atoms with Gasteiger partial charge in [-0.3, -0.25) is 14.2 Å². The molecule has 6 nitrogen and oxygen atoms in total. The van der Waals surface area contributed by atoms with Crippen molar-refractivity contribution in [2.45, 2.75) is 43.8 Å². The third-order valence-electron chi connectivity index (χ3n) is 5.21. The first-order chi connectivity index (χ1) is 15.0. The number of nitrogens with one attached hydrogen (secondary N) is 1. The fourth-order valence-corrected chi connectivity index (χ4v) is 5.99. The van der Waals surface area contributed by atoms with Crippen LogP contribution in [0.2, 0.25) is 0 Å². The Morgan fingerprint density at radius 3 is 2.90 bits per heavy atom. The molecule has 0 aliphatic heterocycles. The monoisotopic (exact) mass is 461 g/mol. The molecule has 164 valence electrons. The Hall–Kier alpha value is -2.23. The van der Waals surface area contributed by atoms with E-state index in [-0.39, 0.29) is 28.9 Å². The van der Waals surface area contributed by atoms with Crippen molar-refractivity contribution in [2.24, 2.45) is 0 Å². The minimum absolute atomic E-state index is 0.0611. The molecule has 2 aromatic heterocycles. The van der Waals surface area contributed by atoms with Crippen molar-refractivity contribution in [3.05, 3.63) is 50.9 Å². The molecule has 3 aromatic rings. The predicted molar refractivity (Wildman–Crippen MR) is 122 cm³/mol. The van der Waals surface area contributed by atoms with Gasteiger partial charge in [0.05, 0.1) is 23.4 Å². The highest BCUT2D eigenvalue weighted by Crippen LogP contribution is 2.35. The fraction of sp³-hybridized carbons (Fsp3) is 0.409. The summed E-state index contributed by atoms with van der Waals surface area (Å²) < 4.78 is 21.0. The second-order valence-corrected chi connectivity index (χ2v) is 9.62. The molecule has 0 saturated carbocycles. The summed E-state index contributed by atoms with van der Waals surface area (Å²) in [5, 5.41) is 3.75. The van der Waals surface area contributed by atoms with Crippen molar-refractivity contribution >= 4 is 39.2 Å². The number of thiophene rings is 1. The summed E-state index contributed by atoms with van der Waals surface area (Å²) in [7, 11) is 1.57. The molecule has 9 heteroatoms. The molecule has 0 bridgehead atoms. The van der Waals surface area contributed by atoms with Crippen LogP contribution in [-0.2, 0) is 22.4 Å². The lowest BCUT2D eigenvalue weighted by atomic mass is 9.97. The van der Waals surface area contributed by atoms with E-state index < -0.39 is 5.82 Å². The number of hydrogen-bond donors (Lipinski definition) is 1. The largest absolute Gasteiger partial charge is 0.383 e. The van der Waals surface area contributed by atoms with Crippen LogP contribution < -0.4 is 10.9 Å². The van der Waals surface area contributed by atoms with Crippen LogP contribution in [0.15, 0.2) is 34.2 Å². The minimum atomic E-state index is -0.505. The van der Waals surface area contributed by atoms with Crippen molar-refractivity contribution in [3.8, 4) is 5.69 Å². The summed E-state index contributed by atoms with van der Waals surface area (Å²) >= 11 is 2.67. The zero-order chi connectivity index (χ0) is 22.0. The maximum absolute atomic E-state index is 14.7. The number of aromatic nitrogens is 2. The number of thioether (sulfide) groups is 1. The Morgan fingerprint density at radius 2 is 2.13 bits per heavy atom. The Bertz CT molecular complexity index is 1170. The quantitative estimate of drug-likeness (QED) is 0.429. The number of halogens is 1. The van der Waals surface area contributed by atoms with Crippen molar-refractivity contribution in [1.29, 1.82) is 0 Å². The van der Waals surface area contributed by atoms with Crippen LogP contribution in [0.25, 0.3) is 15.9 Å². The Balaban J connectivity index is 1.76. The van der Waals surface area contributed by atoms with E-state index in [4.69, 9.17) is 9.72 Å². The van der Waals surface area contributed by atoms with Gasteiger partial charge in [-0.05, 0) is 50.3 Å². The van der Waals surface area contributed by atoms with Crippen LogP contribution in [0.5, 0.6) is 0 Å². The number of carbonyl (C=O) groups is 1. The standard InChI is InChI=1S/C22H24FN3O3S2/c1-13(11-29-2)24-18(27)12-30-22-25-20-19(14-7-3-6-10-17(14)31-20)21(28)26(22)16-9-5-4-8-15(16)23/h4-5,8-9,13H,3,6-7,10-12H2,1-2H3,(H,24,27). The maximum atomic E-state index is 14.7. The normalized spacial score (nSPS) is 14.4. The van der Waals surface area contributed by atoms with E-state index in [9.17, 15) is 14.0 Å². The van der Waals surface area contributed by atoms with Crippen molar-refractivity contribution in [2.75, 3.05) is 19.5 Å². The second-order valence-electron chi connectivity index (χ2n) is 7.59. The van der Waals surface area contributed by atoms with Crippen LogP contribution >= 0.6 is 23.1 Å². The number of rotatable bonds is 7. The van der Waals surface area contributed by atoms with Gasteiger partial charge in [0.1, 0.15) is 10.6 Å². The topological polar surface area (TPSA) is 73.2 Å². The molecule has 4 rings (SSSR count). The second kappa shape index (κ2) is 9.50. The summed E-state index contributed by atoms with van der Waals surface area (Å²) in [5.41, 5.74) is 0.926. The van der Waals surface area contributed by atoms with E-state index in [0.29, 0.717) is 22.0 Å². The summed E-state index contributed by atoms with van der Waals surface area (Å²) in [6, 6.07) is 6.02. The van der Waals surface area contributed by atoms with E-state index in [1.807, 2.05) is 6.92 Å². The molecule has 0 fully saturated rings. The number of carbonyl (C=O) groups excluding carboxylic acids is 1. The third-order valence-corrected chi connectivity index (χ3v) is 7.33. The average Bonchev–Trinajstić information content (AvgIpc) is 3.12. The molecule has 1 N–H and O–H groups in total. The van der Waals surface area contributed by atoms with Gasteiger partial charge in [0.25, 0.3) is 5.56 Å². The highest BCUT2D eigenvalue weighted by atomic mass is 32.2. The first-order valence-electron chi connectivity index (χ1n) is 10.2. The lowest BCUT2D eigenvalue weighted by molar-refractivity contribution is -0.119. The number of nitrogens with zero attached hydrogens (tertiary/aromatic N) is 2. The molecule has 0 radical (unpaired) electrons. The van der Waals surface area contributed by atoms with Gasteiger partial charge in [-0.15, -0.1) is 11.3 Å². The molecular weight excluding hydrogens is 437 g/mol. The average molecular weight is 462 g/mol. The van der Waals surface area contributed by atoms with Gasteiger partial charge in [-0.25, -0.2) is 9.37 Å². The van der Waals surface area contributed by atoms with E-state index in [1.165, 1.54) is 26.8 Å². The SMILES string of the molecule is COCC(C)NC(=O)CSc1nc2sc3c(c2c(=O)n1-c1ccccc1F)CCCC3. The van der Waals surface area contributed by atoms with Crippen molar-refractivity contribution in [1.82, 2.24) is 14.9 Å². The van der Waals surface area contributed by atoms with Gasteiger partial charge < -0.3 is 10.1 Å². The zero-order valence-electron chi connectivity index (χ0n) is 17.4. The Kier molecular flexibility index (Phi) is 6.74. The van der Waals surface area contributed by atoms with Crippen LogP contribution in [0.3, 0.4) is 0 Å². The van der Waals surface area contributed by atoms with Crippen LogP contribution in [-0.4, -0.2) is 41.0 Å². The van der Waals surface area contributed by atoms with Gasteiger partial charge in [-0.2, -0.15) is 0 Å². The highest BCUT2D eigenvalue weighted by molar-refractivity contribution is 7.99. The smallest absolute Gasteiger partial charge is 0.267 e. The van der Waals surface area contributed by atoms with Crippen molar-refractivity contribution in [3.63, 3.8) is 0 Å². The number of benzene rings is 1. The van der Waals surface area contributed by atoms with Crippen LogP contribution in [0.1, 0.15) is 30.2 Å². The minimum Gasteiger partial charge on any atom is -0.383 e. The van der Waals surface area contributed by atoms with Crippen molar-refractivity contribution < 1.29 is 13.9 Å². The number of fused-ring (bicyclic) bond motifs is 3. The number of ether oxygens (including phenoxy) is 1. The highest BCUT2D eigenvalue weighted by Gasteiger charge is 2.24. The molecular formula is C22H24FN3O3S2.